The van der Waals surface area contributed by atoms with E-state index in [0.717, 1.165) is 34.1 Å². The van der Waals surface area contributed by atoms with Gasteiger partial charge in [-0.2, -0.15) is 0 Å². The highest BCUT2D eigenvalue weighted by Crippen LogP contribution is 2.12. The summed E-state index contributed by atoms with van der Waals surface area (Å²) in [5, 5.41) is 1.37. The number of aromatic nitrogens is 1. The van der Waals surface area contributed by atoms with Crippen molar-refractivity contribution >= 4 is 17.3 Å². The van der Waals surface area contributed by atoms with E-state index in [4.69, 9.17) is 4.74 Å². The summed E-state index contributed by atoms with van der Waals surface area (Å²) in [5.41, 5.74) is 0.333. The zero-order valence-corrected chi connectivity index (χ0v) is 11.4. The summed E-state index contributed by atoms with van der Waals surface area (Å²) in [4.78, 5) is 23.0. The number of nitrogens with zero attached hydrogens (tertiary/aromatic N) is 1. The average Bonchev–Trinajstić information content (AvgIpc) is 2.70. The lowest BCUT2D eigenvalue weighted by atomic mass is 10.2. The Labute approximate surface area is 117 Å². The molecule has 0 spiro atoms. The van der Waals surface area contributed by atoms with Gasteiger partial charge in [-0.3, -0.25) is 9.36 Å². The maximum atomic E-state index is 13.1. The molecule has 0 aliphatic rings. The lowest BCUT2D eigenvalue weighted by molar-refractivity contribution is 0.0514. The number of carbonyl (C=O) groups excluding carboxylic acids is 1. The molecule has 1 aromatic heterocycles. The molecule has 0 fully saturated rings. The third-order valence-electron chi connectivity index (χ3n) is 2.53. The molecule has 7 heteroatoms. The van der Waals surface area contributed by atoms with E-state index in [2.05, 4.69) is 0 Å². The van der Waals surface area contributed by atoms with Crippen LogP contribution in [-0.2, 0) is 11.3 Å². The Bertz CT molecular complexity index is 673. The third kappa shape index (κ3) is 3.11. The normalized spacial score (nSPS) is 10.6. The minimum atomic E-state index is -0.735. The number of hydrogen-bond donors (Lipinski definition) is 0. The first kappa shape index (κ1) is 14.4. The van der Waals surface area contributed by atoms with Crippen LogP contribution in [0.5, 0.6) is 0 Å². The van der Waals surface area contributed by atoms with E-state index in [0.29, 0.717) is 0 Å². The molecular weight excluding hydrogens is 288 g/mol. The fraction of sp³-hybridized carbons (Fsp3) is 0.231. The minimum Gasteiger partial charge on any atom is -0.461 e. The first-order valence-corrected chi connectivity index (χ1v) is 6.69. The first-order chi connectivity index (χ1) is 9.51. The van der Waals surface area contributed by atoms with Crippen molar-refractivity contribution in [2.45, 2.75) is 13.5 Å². The summed E-state index contributed by atoms with van der Waals surface area (Å²) in [7, 11) is 0. The Hall–Kier alpha value is -2.02. The predicted molar refractivity (Wildman–Crippen MR) is 70.0 cm³/mol. The van der Waals surface area contributed by atoms with Gasteiger partial charge in [0.2, 0.25) is 0 Å². The molecule has 0 aliphatic carbocycles. The monoisotopic (exact) mass is 299 g/mol. The van der Waals surface area contributed by atoms with Crippen LogP contribution in [0.1, 0.15) is 23.0 Å². The molecule has 0 radical (unpaired) electrons. The van der Waals surface area contributed by atoms with Gasteiger partial charge in [0.15, 0.2) is 0 Å². The second-order valence-electron chi connectivity index (χ2n) is 3.97. The maximum Gasteiger partial charge on any atom is 0.355 e. The van der Waals surface area contributed by atoms with Crippen LogP contribution in [0, 0.1) is 11.6 Å². The zero-order chi connectivity index (χ0) is 14.7. The highest BCUT2D eigenvalue weighted by atomic mass is 32.1. The average molecular weight is 299 g/mol. The van der Waals surface area contributed by atoms with Crippen molar-refractivity contribution in [2.75, 3.05) is 6.61 Å². The highest BCUT2D eigenvalue weighted by molar-refractivity contribution is 7.07. The van der Waals surface area contributed by atoms with Gasteiger partial charge < -0.3 is 4.74 Å². The van der Waals surface area contributed by atoms with Crippen LogP contribution in [0.4, 0.5) is 8.78 Å². The molecule has 2 rings (SSSR count). The summed E-state index contributed by atoms with van der Waals surface area (Å²) in [5.74, 6) is -2.11. The lowest BCUT2D eigenvalue weighted by Crippen LogP contribution is -2.21. The SMILES string of the molecule is CCOC(=O)c1csc(=O)n1Cc1cc(F)cc(F)c1. The highest BCUT2D eigenvalue weighted by Gasteiger charge is 2.16. The van der Waals surface area contributed by atoms with Gasteiger partial charge in [0.25, 0.3) is 0 Å². The van der Waals surface area contributed by atoms with E-state index < -0.39 is 22.5 Å². The number of benzene rings is 1. The fourth-order valence-corrected chi connectivity index (χ4v) is 2.46. The number of thiazole rings is 1. The minimum absolute atomic E-state index is 0.0755. The molecule has 0 atom stereocenters. The standard InChI is InChI=1S/C13H11F2NO3S/c1-2-19-12(17)11-7-20-13(18)16(11)6-8-3-9(14)5-10(15)4-8/h3-5,7H,2,6H2,1H3. The first-order valence-electron chi connectivity index (χ1n) is 5.81. The summed E-state index contributed by atoms with van der Waals surface area (Å²) >= 11 is 0.832. The molecule has 106 valence electrons. The van der Waals surface area contributed by atoms with E-state index in [9.17, 15) is 18.4 Å². The van der Waals surface area contributed by atoms with Gasteiger partial charge in [-0.1, -0.05) is 11.3 Å². The van der Waals surface area contributed by atoms with Gasteiger partial charge in [-0.25, -0.2) is 13.6 Å². The number of rotatable bonds is 4. The van der Waals surface area contributed by atoms with Crippen molar-refractivity contribution in [1.82, 2.24) is 4.57 Å². The summed E-state index contributed by atoms with van der Waals surface area (Å²) < 4.78 is 32.2. The molecule has 2 aromatic rings. The van der Waals surface area contributed by atoms with E-state index in [1.807, 2.05) is 0 Å². The number of carbonyl (C=O) groups is 1. The van der Waals surface area contributed by atoms with Crippen LogP contribution in [0.2, 0.25) is 0 Å². The Kier molecular flexibility index (Phi) is 4.29. The molecule has 0 unspecified atom stereocenters. The molecule has 0 amide bonds. The molecule has 20 heavy (non-hydrogen) atoms. The lowest BCUT2D eigenvalue weighted by Gasteiger charge is -2.07. The molecular formula is C13H11F2NO3S. The van der Waals surface area contributed by atoms with E-state index in [1.165, 1.54) is 5.38 Å². The van der Waals surface area contributed by atoms with Gasteiger partial charge in [0.1, 0.15) is 17.3 Å². The number of halogens is 2. The molecule has 4 nitrogen and oxygen atoms in total. The number of hydrogen-bond acceptors (Lipinski definition) is 4. The van der Waals surface area contributed by atoms with Crippen molar-refractivity contribution in [3.63, 3.8) is 0 Å². The van der Waals surface area contributed by atoms with Crippen molar-refractivity contribution in [2.24, 2.45) is 0 Å². The Morgan fingerprint density at radius 3 is 2.55 bits per heavy atom. The number of ether oxygens (including phenoxy) is 1. The molecule has 0 bridgehead atoms. The molecule has 0 aliphatic heterocycles. The van der Waals surface area contributed by atoms with Gasteiger partial charge in [0.05, 0.1) is 13.2 Å². The fourth-order valence-electron chi connectivity index (χ4n) is 1.73. The van der Waals surface area contributed by atoms with E-state index in [-0.39, 0.29) is 24.4 Å². The van der Waals surface area contributed by atoms with E-state index in [1.54, 1.807) is 6.92 Å². The Balaban J connectivity index is 2.36. The Morgan fingerprint density at radius 1 is 1.30 bits per heavy atom. The van der Waals surface area contributed by atoms with Crippen molar-refractivity contribution in [3.05, 3.63) is 56.1 Å². The van der Waals surface area contributed by atoms with Crippen LogP contribution in [-0.4, -0.2) is 17.1 Å². The van der Waals surface area contributed by atoms with Gasteiger partial charge in [-0.05, 0) is 24.6 Å². The van der Waals surface area contributed by atoms with Gasteiger partial charge >= 0.3 is 10.8 Å². The predicted octanol–water partition coefficient (Wildman–Crippen LogP) is 2.41. The summed E-state index contributed by atoms with van der Waals surface area (Å²) in [6.07, 6.45) is 0. The smallest absolute Gasteiger partial charge is 0.355 e. The molecule has 1 heterocycles. The third-order valence-corrected chi connectivity index (χ3v) is 3.29. The van der Waals surface area contributed by atoms with Crippen LogP contribution in [0.15, 0.2) is 28.4 Å². The Morgan fingerprint density at radius 2 is 1.95 bits per heavy atom. The maximum absolute atomic E-state index is 13.1. The molecule has 0 saturated carbocycles. The zero-order valence-electron chi connectivity index (χ0n) is 10.6. The van der Waals surface area contributed by atoms with Crippen molar-refractivity contribution < 1.29 is 18.3 Å². The quantitative estimate of drug-likeness (QED) is 0.815. The van der Waals surface area contributed by atoms with Crippen molar-refractivity contribution in [1.29, 1.82) is 0 Å². The van der Waals surface area contributed by atoms with Gasteiger partial charge in [-0.15, -0.1) is 0 Å². The van der Waals surface area contributed by atoms with Gasteiger partial charge in [0, 0.05) is 11.4 Å². The second kappa shape index (κ2) is 5.96. The molecule has 1 aromatic carbocycles. The van der Waals surface area contributed by atoms with E-state index >= 15 is 0 Å². The number of esters is 1. The molecule has 0 saturated heterocycles. The van der Waals surface area contributed by atoms with Crippen LogP contribution in [0.3, 0.4) is 0 Å². The topological polar surface area (TPSA) is 48.3 Å². The summed E-state index contributed by atoms with van der Waals surface area (Å²) in [6, 6.07) is 2.97. The van der Waals surface area contributed by atoms with Crippen LogP contribution < -0.4 is 4.87 Å². The van der Waals surface area contributed by atoms with Crippen molar-refractivity contribution in [3.8, 4) is 0 Å². The van der Waals surface area contributed by atoms with Crippen LogP contribution in [0.25, 0.3) is 0 Å². The largest absolute Gasteiger partial charge is 0.461 e. The molecule has 0 N–H and O–H groups in total. The second-order valence-corrected chi connectivity index (χ2v) is 4.79. The van der Waals surface area contributed by atoms with Crippen LogP contribution >= 0.6 is 11.3 Å². The summed E-state index contributed by atoms with van der Waals surface area (Å²) in [6.45, 7) is 1.73.